The van der Waals surface area contributed by atoms with Crippen LogP contribution < -0.4 is 5.32 Å². The highest BCUT2D eigenvalue weighted by molar-refractivity contribution is 5.84. The first-order valence-electron chi connectivity index (χ1n) is 7.38. The largest absolute Gasteiger partial charge is 0.420 e. The molecule has 1 atom stereocenters. The molecular weight excluding hydrogens is 324 g/mol. The summed E-state index contributed by atoms with van der Waals surface area (Å²) in [6.45, 7) is 0. The molecule has 0 spiro atoms. The molecule has 0 saturated heterocycles. The van der Waals surface area contributed by atoms with Crippen LogP contribution in [0.25, 0.3) is 0 Å². The first-order chi connectivity index (χ1) is 12.1. The molecule has 126 valence electrons. The first-order valence-corrected chi connectivity index (χ1v) is 7.38. The van der Waals surface area contributed by atoms with Crippen molar-refractivity contribution in [2.24, 2.45) is 0 Å². The smallest absolute Gasteiger partial charge is 0.413 e. The van der Waals surface area contributed by atoms with E-state index in [-0.39, 0.29) is 5.69 Å². The minimum absolute atomic E-state index is 0.0399. The number of nitrogens with zero attached hydrogens (tertiary/aromatic N) is 3. The molecule has 1 unspecified atom stereocenters. The van der Waals surface area contributed by atoms with Crippen LogP contribution in [0.2, 0.25) is 0 Å². The van der Waals surface area contributed by atoms with Gasteiger partial charge in [-0.1, -0.05) is 18.2 Å². The quantitative estimate of drug-likeness (QED) is 0.566. The van der Waals surface area contributed by atoms with E-state index in [0.717, 1.165) is 0 Å². The van der Waals surface area contributed by atoms with Crippen molar-refractivity contribution in [1.82, 2.24) is 9.55 Å². The summed E-state index contributed by atoms with van der Waals surface area (Å²) in [4.78, 5) is 26.4. The summed E-state index contributed by atoms with van der Waals surface area (Å²) in [7, 11) is 0. The zero-order valence-corrected chi connectivity index (χ0v) is 13.0. The van der Waals surface area contributed by atoms with E-state index in [2.05, 4.69) is 10.3 Å². The van der Waals surface area contributed by atoms with Crippen LogP contribution >= 0.6 is 0 Å². The van der Waals surface area contributed by atoms with Crippen LogP contribution in [0, 0.1) is 10.1 Å². The van der Waals surface area contributed by atoms with Crippen LogP contribution in [0.3, 0.4) is 0 Å². The van der Waals surface area contributed by atoms with Crippen LogP contribution in [0.4, 0.5) is 16.2 Å². The third kappa shape index (κ3) is 3.99. The summed E-state index contributed by atoms with van der Waals surface area (Å²) < 4.78 is 7.08. The number of ether oxygens (including phenoxy) is 1. The number of nitrogens with one attached hydrogen (secondary N) is 1. The Balaban J connectivity index is 1.80. The Morgan fingerprint density at radius 3 is 2.48 bits per heavy atom. The maximum absolute atomic E-state index is 12.2. The number of para-hydroxylation sites is 1. The minimum atomic E-state index is -0.799. The normalized spacial score (nSPS) is 11.5. The van der Waals surface area contributed by atoms with Gasteiger partial charge in [0.25, 0.3) is 5.69 Å². The highest BCUT2D eigenvalue weighted by Crippen LogP contribution is 2.23. The number of nitro benzene ring substituents is 1. The molecule has 25 heavy (non-hydrogen) atoms. The van der Waals surface area contributed by atoms with Gasteiger partial charge in [-0.2, -0.15) is 0 Å². The maximum atomic E-state index is 12.2. The number of nitro groups is 1. The van der Waals surface area contributed by atoms with E-state index >= 15 is 0 Å². The summed E-state index contributed by atoms with van der Waals surface area (Å²) >= 11 is 0. The minimum Gasteiger partial charge on any atom is -0.420 e. The van der Waals surface area contributed by atoms with Crippen LogP contribution in [-0.2, 0) is 4.74 Å². The number of aromatic nitrogens is 2. The number of hydrogen-bond donors (Lipinski definition) is 1. The third-order valence-corrected chi connectivity index (χ3v) is 3.42. The van der Waals surface area contributed by atoms with Crippen LogP contribution in [-0.4, -0.2) is 20.6 Å². The number of amides is 1. The van der Waals surface area contributed by atoms with E-state index in [1.165, 1.54) is 18.5 Å². The van der Waals surface area contributed by atoms with Gasteiger partial charge in [0, 0.05) is 35.8 Å². The van der Waals surface area contributed by atoms with Crippen molar-refractivity contribution in [3.63, 3.8) is 0 Å². The molecule has 0 aliphatic rings. The second kappa shape index (κ2) is 7.26. The lowest BCUT2D eigenvalue weighted by molar-refractivity contribution is -0.384. The van der Waals surface area contributed by atoms with Gasteiger partial charge in [-0.3, -0.25) is 20.0 Å². The number of carbonyl (C=O) groups excluding carboxylic acids is 1. The van der Waals surface area contributed by atoms with E-state index in [1.807, 2.05) is 6.07 Å². The number of hydrogen-bond acceptors (Lipinski definition) is 5. The van der Waals surface area contributed by atoms with Gasteiger partial charge in [0.2, 0.25) is 6.23 Å². The van der Waals surface area contributed by atoms with E-state index in [4.69, 9.17) is 4.74 Å². The summed E-state index contributed by atoms with van der Waals surface area (Å²) in [6, 6.07) is 14.7. The number of benzene rings is 2. The monoisotopic (exact) mass is 338 g/mol. The molecule has 0 radical (unpaired) electrons. The summed E-state index contributed by atoms with van der Waals surface area (Å²) in [6.07, 6.45) is 3.25. The summed E-state index contributed by atoms with van der Waals surface area (Å²) in [5.74, 6) is 0. The van der Waals surface area contributed by atoms with Gasteiger partial charge in [-0.05, 0) is 24.3 Å². The molecule has 0 fully saturated rings. The number of rotatable bonds is 5. The lowest BCUT2D eigenvalue weighted by Gasteiger charge is -2.19. The third-order valence-electron chi connectivity index (χ3n) is 3.42. The maximum Gasteiger partial charge on any atom is 0.413 e. The number of imidazole rings is 1. The molecule has 8 heteroatoms. The fourth-order valence-corrected chi connectivity index (χ4v) is 2.24. The van der Waals surface area contributed by atoms with Crippen LogP contribution in [0.5, 0.6) is 0 Å². The topological polar surface area (TPSA) is 99.3 Å². The second-order valence-electron chi connectivity index (χ2n) is 5.11. The van der Waals surface area contributed by atoms with Gasteiger partial charge in [0.05, 0.1) is 11.3 Å². The predicted molar refractivity (Wildman–Crippen MR) is 90.0 cm³/mol. The van der Waals surface area contributed by atoms with Gasteiger partial charge >= 0.3 is 6.09 Å². The molecule has 0 aliphatic heterocycles. The Morgan fingerprint density at radius 1 is 1.16 bits per heavy atom. The Bertz CT molecular complexity index is 848. The Hall–Kier alpha value is -3.68. The highest BCUT2D eigenvalue weighted by atomic mass is 16.6. The molecule has 0 aliphatic carbocycles. The lowest BCUT2D eigenvalue weighted by atomic mass is 10.2. The van der Waals surface area contributed by atoms with E-state index < -0.39 is 17.2 Å². The van der Waals surface area contributed by atoms with Crippen LogP contribution in [0.15, 0.2) is 73.3 Å². The summed E-state index contributed by atoms with van der Waals surface area (Å²) in [5, 5.41) is 13.4. The average Bonchev–Trinajstić information content (AvgIpc) is 3.15. The molecule has 1 aromatic heterocycles. The average molecular weight is 338 g/mol. The predicted octanol–water partition coefficient (Wildman–Crippen LogP) is 3.59. The Labute approximate surface area is 142 Å². The molecule has 1 amide bonds. The fourth-order valence-electron chi connectivity index (χ4n) is 2.24. The van der Waals surface area contributed by atoms with Gasteiger partial charge < -0.3 is 4.74 Å². The molecule has 1 heterocycles. The zero-order valence-electron chi connectivity index (χ0n) is 13.0. The number of carbonyl (C=O) groups is 1. The van der Waals surface area contributed by atoms with Crippen molar-refractivity contribution >= 4 is 17.5 Å². The molecule has 0 bridgehead atoms. The van der Waals surface area contributed by atoms with Gasteiger partial charge in [-0.25, -0.2) is 9.78 Å². The second-order valence-corrected chi connectivity index (χ2v) is 5.11. The van der Waals surface area contributed by atoms with Gasteiger partial charge in [0.15, 0.2) is 0 Å². The van der Waals surface area contributed by atoms with E-state index in [9.17, 15) is 14.9 Å². The van der Waals surface area contributed by atoms with Crippen molar-refractivity contribution < 1.29 is 14.5 Å². The summed E-state index contributed by atoms with van der Waals surface area (Å²) in [5.41, 5.74) is 1.13. The van der Waals surface area contributed by atoms with E-state index in [0.29, 0.717) is 11.3 Å². The first kappa shape index (κ1) is 16.2. The fraction of sp³-hybridized carbons (Fsp3) is 0.0588. The highest BCUT2D eigenvalue weighted by Gasteiger charge is 2.19. The molecule has 3 aromatic rings. The molecule has 0 saturated carbocycles. The van der Waals surface area contributed by atoms with Crippen LogP contribution in [0.1, 0.15) is 11.8 Å². The van der Waals surface area contributed by atoms with Crippen molar-refractivity contribution in [2.45, 2.75) is 6.23 Å². The number of non-ortho nitro benzene ring substituents is 1. The van der Waals surface area contributed by atoms with Crippen molar-refractivity contribution in [1.29, 1.82) is 0 Å². The van der Waals surface area contributed by atoms with Gasteiger partial charge in [0.1, 0.15) is 0 Å². The molecule has 1 N–H and O–H groups in total. The molecule has 3 rings (SSSR count). The van der Waals surface area contributed by atoms with Gasteiger partial charge in [-0.15, -0.1) is 0 Å². The Morgan fingerprint density at radius 2 is 1.88 bits per heavy atom. The molecule has 8 nitrogen and oxygen atoms in total. The lowest BCUT2D eigenvalue weighted by Crippen LogP contribution is -2.21. The Kier molecular flexibility index (Phi) is 4.70. The SMILES string of the molecule is O=C(Nc1ccccc1)OC(c1ccc([N+](=O)[O-])cc1)n1ccnc1. The van der Waals surface area contributed by atoms with Crippen molar-refractivity contribution in [3.8, 4) is 0 Å². The zero-order chi connectivity index (χ0) is 17.6. The van der Waals surface area contributed by atoms with E-state index in [1.54, 1.807) is 53.4 Å². The van der Waals surface area contributed by atoms with Crippen molar-refractivity contribution in [3.05, 3.63) is 89.0 Å². The van der Waals surface area contributed by atoms with Crippen molar-refractivity contribution in [2.75, 3.05) is 5.32 Å². The molecule has 2 aromatic carbocycles. The molecular formula is C17H14N4O4. The number of anilines is 1. The standard InChI is InChI=1S/C17H14N4O4/c22-17(19-14-4-2-1-3-5-14)25-16(20-11-10-18-12-20)13-6-8-15(9-7-13)21(23)24/h1-12,16H,(H,19,22).